The van der Waals surface area contributed by atoms with E-state index >= 15 is 0 Å². The van der Waals surface area contributed by atoms with E-state index in [9.17, 15) is 0 Å². The fourth-order valence-electron chi connectivity index (χ4n) is 4.43. The normalized spacial score (nSPS) is 37.6. The van der Waals surface area contributed by atoms with Gasteiger partial charge < -0.3 is 5.32 Å². The molecule has 0 heterocycles. The number of hydrogen-bond donors (Lipinski definition) is 1. The van der Waals surface area contributed by atoms with Crippen molar-refractivity contribution in [3.05, 3.63) is 0 Å². The number of rotatable bonds is 7. The maximum atomic E-state index is 3.76. The highest BCUT2D eigenvalue weighted by molar-refractivity contribution is 4.91. The molecule has 0 amide bonds. The second-order valence-corrected chi connectivity index (χ2v) is 7.01. The minimum atomic E-state index is 0.898. The van der Waals surface area contributed by atoms with Gasteiger partial charge in [-0.25, -0.2) is 0 Å². The van der Waals surface area contributed by atoms with E-state index in [0.29, 0.717) is 0 Å². The van der Waals surface area contributed by atoms with Gasteiger partial charge in [0.1, 0.15) is 0 Å². The molecule has 0 spiro atoms. The molecule has 0 saturated heterocycles. The summed E-state index contributed by atoms with van der Waals surface area (Å²) in [5.41, 5.74) is 0. The molecular formula is C16H29N. The highest BCUT2D eigenvalue weighted by atomic mass is 14.9. The fourth-order valence-corrected chi connectivity index (χ4v) is 4.43. The van der Waals surface area contributed by atoms with Crippen molar-refractivity contribution >= 4 is 0 Å². The summed E-state index contributed by atoms with van der Waals surface area (Å²) in [6.07, 6.45) is 13.5. The van der Waals surface area contributed by atoms with Gasteiger partial charge in [-0.15, -0.1) is 0 Å². The van der Waals surface area contributed by atoms with Crippen molar-refractivity contribution in [2.75, 3.05) is 6.54 Å². The summed E-state index contributed by atoms with van der Waals surface area (Å²) in [6, 6.07) is 0.898. The Morgan fingerprint density at radius 1 is 1.12 bits per heavy atom. The molecule has 3 aliphatic carbocycles. The van der Waals surface area contributed by atoms with Crippen LogP contribution < -0.4 is 5.32 Å². The van der Waals surface area contributed by atoms with Crippen LogP contribution in [0, 0.1) is 23.7 Å². The first-order valence-electron chi connectivity index (χ1n) is 8.08. The molecule has 4 unspecified atom stereocenters. The summed E-state index contributed by atoms with van der Waals surface area (Å²) in [7, 11) is 0. The smallest absolute Gasteiger partial charge is 0.00683 e. The molecule has 0 radical (unpaired) electrons. The first-order valence-corrected chi connectivity index (χ1v) is 8.08. The highest BCUT2D eigenvalue weighted by Crippen LogP contribution is 2.50. The third-order valence-corrected chi connectivity index (χ3v) is 5.49. The molecule has 0 aromatic heterocycles. The van der Waals surface area contributed by atoms with Crippen LogP contribution in [0.3, 0.4) is 0 Å². The van der Waals surface area contributed by atoms with E-state index in [1.165, 1.54) is 38.6 Å². The van der Waals surface area contributed by atoms with Gasteiger partial charge in [-0.1, -0.05) is 19.8 Å². The van der Waals surface area contributed by atoms with Crippen molar-refractivity contribution in [3.63, 3.8) is 0 Å². The second-order valence-electron chi connectivity index (χ2n) is 7.01. The van der Waals surface area contributed by atoms with Gasteiger partial charge >= 0.3 is 0 Å². The van der Waals surface area contributed by atoms with Crippen molar-refractivity contribution < 1.29 is 0 Å². The van der Waals surface area contributed by atoms with Crippen LogP contribution in [0.4, 0.5) is 0 Å². The number of fused-ring (bicyclic) bond motifs is 2. The Kier molecular flexibility index (Phi) is 3.75. The Bertz CT molecular complexity index is 246. The molecule has 1 nitrogen and oxygen atoms in total. The molecule has 2 bridgehead atoms. The molecule has 0 aliphatic heterocycles. The van der Waals surface area contributed by atoms with E-state index in [0.717, 1.165) is 29.7 Å². The van der Waals surface area contributed by atoms with Gasteiger partial charge in [0, 0.05) is 6.04 Å². The predicted octanol–water partition coefficient (Wildman–Crippen LogP) is 3.98. The Balaban J connectivity index is 1.45. The molecule has 3 saturated carbocycles. The van der Waals surface area contributed by atoms with Crippen LogP contribution in [0.2, 0.25) is 0 Å². The SMILES string of the molecule is CCCC(CNC1CC1)CC1CC2CCC1C2. The summed E-state index contributed by atoms with van der Waals surface area (Å²) in [5.74, 6) is 4.33. The molecule has 98 valence electrons. The van der Waals surface area contributed by atoms with Crippen molar-refractivity contribution in [2.45, 2.75) is 70.8 Å². The van der Waals surface area contributed by atoms with E-state index in [4.69, 9.17) is 0 Å². The van der Waals surface area contributed by atoms with Crippen LogP contribution in [-0.2, 0) is 0 Å². The Hall–Kier alpha value is -0.0400. The number of nitrogens with one attached hydrogen (secondary N) is 1. The quantitative estimate of drug-likeness (QED) is 0.704. The molecule has 3 fully saturated rings. The van der Waals surface area contributed by atoms with Crippen LogP contribution in [0.5, 0.6) is 0 Å². The first-order chi connectivity index (χ1) is 8.35. The number of hydrogen-bond acceptors (Lipinski definition) is 1. The maximum absolute atomic E-state index is 3.76. The van der Waals surface area contributed by atoms with Gasteiger partial charge in [0.25, 0.3) is 0 Å². The molecule has 4 atom stereocenters. The van der Waals surface area contributed by atoms with Crippen molar-refractivity contribution in [1.82, 2.24) is 5.32 Å². The predicted molar refractivity (Wildman–Crippen MR) is 73.0 cm³/mol. The average Bonchev–Trinajstić information content (AvgIpc) is 2.93. The molecule has 1 N–H and O–H groups in total. The Labute approximate surface area is 107 Å². The summed E-state index contributed by atoms with van der Waals surface area (Å²) in [5, 5.41) is 3.76. The van der Waals surface area contributed by atoms with E-state index in [2.05, 4.69) is 12.2 Å². The molecule has 0 aromatic carbocycles. The highest BCUT2D eigenvalue weighted by Gasteiger charge is 2.40. The first kappa shape index (κ1) is 12.0. The molecule has 1 heteroatoms. The molecule has 0 aromatic rings. The monoisotopic (exact) mass is 235 g/mol. The minimum absolute atomic E-state index is 0.898. The maximum Gasteiger partial charge on any atom is 0.00683 e. The second kappa shape index (κ2) is 5.30. The third-order valence-electron chi connectivity index (χ3n) is 5.49. The molecule has 3 rings (SSSR count). The van der Waals surface area contributed by atoms with E-state index in [1.807, 2.05) is 0 Å². The van der Waals surface area contributed by atoms with Gasteiger partial charge in [-0.05, 0) is 75.2 Å². The lowest BCUT2D eigenvalue weighted by atomic mass is 9.81. The third kappa shape index (κ3) is 3.05. The van der Waals surface area contributed by atoms with E-state index in [1.54, 1.807) is 25.7 Å². The lowest BCUT2D eigenvalue weighted by molar-refractivity contribution is 0.254. The average molecular weight is 235 g/mol. The Morgan fingerprint density at radius 2 is 2.00 bits per heavy atom. The fraction of sp³-hybridized carbons (Fsp3) is 1.00. The molecule has 17 heavy (non-hydrogen) atoms. The van der Waals surface area contributed by atoms with Crippen LogP contribution in [0.15, 0.2) is 0 Å². The van der Waals surface area contributed by atoms with Crippen molar-refractivity contribution in [3.8, 4) is 0 Å². The zero-order valence-electron chi connectivity index (χ0n) is 11.5. The van der Waals surface area contributed by atoms with Crippen LogP contribution in [0.1, 0.15) is 64.7 Å². The van der Waals surface area contributed by atoms with E-state index in [-0.39, 0.29) is 0 Å². The Morgan fingerprint density at radius 3 is 2.59 bits per heavy atom. The van der Waals surface area contributed by atoms with Crippen molar-refractivity contribution in [2.24, 2.45) is 23.7 Å². The summed E-state index contributed by atoms with van der Waals surface area (Å²) >= 11 is 0. The lowest BCUT2D eigenvalue weighted by Gasteiger charge is -2.27. The summed E-state index contributed by atoms with van der Waals surface area (Å²) in [6.45, 7) is 3.66. The standard InChI is InChI=1S/C16H29N/c1-2-3-13(11-17-16-6-7-16)10-15-9-12-4-5-14(15)8-12/h12-17H,2-11H2,1H3. The largest absolute Gasteiger partial charge is 0.314 e. The molecule has 3 aliphatic rings. The van der Waals surface area contributed by atoms with Gasteiger partial charge in [0.2, 0.25) is 0 Å². The van der Waals surface area contributed by atoms with Crippen LogP contribution >= 0.6 is 0 Å². The van der Waals surface area contributed by atoms with Crippen LogP contribution in [-0.4, -0.2) is 12.6 Å². The molecular weight excluding hydrogens is 206 g/mol. The van der Waals surface area contributed by atoms with Crippen molar-refractivity contribution in [1.29, 1.82) is 0 Å². The topological polar surface area (TPSA) is 12.0 Å². The van der Waals surface area contributed by atoms with Gasteiger partial charge in [-0.2, -0.15) is 0 Å². The van der Waals surface area contributed by atoms with Gasteiger partial charge in [-0.3, -0.25) is 0 Å². The summed E-state index contributed by atoms with van der Waals surface area (Å²) in [4.78, 5) is 0. The summed E-state index contributed by atoms with van der Waals surface area (Å²) < 4.78 is 0. The van der Waals surface area contributed by atoms with Gasteiger partial charge in [0.05, 0.1) is 0 Å². The lowest BCUT2D eigenvalue weighted by Crippen LogP contribution is -2.27. The zero-order chi connectivity index (χ0) is 11.7. The minimum Gasteiger partial charge on any atom is -0.314 e. The van der Waals surface area contributed by atoms with Gasteiger partial charge in [0.15, 0.2) is 0 Å². The zero-order valence-corrected chi connectivity index (χ0v) is 11.5. The van der Waals surface area contributed by atoms with Crippen LogP contribution in [0.25, 0.3) is 0 Å². The van der Waals surface area contributed by atoms with E-state index < -0.39 is 0 Å².